The number of nitrogens with two attached hydrogens (primary N) is 1. The zero-order chi connectivity index (χ0) is 23.4. The lowest BCUT2D eigenvalue weighted by atomic mass is 9.93. The van der Waals surface area contributed by atoms with Gasteiger partial charge in [0.05, 0.1) is 19.7 Å². The van der Waals surface area contributed by atoms with E-state index in [2.05, 4.69) is 14.6 Å². The van der Waals surface area contributed by atoms with E-state index in [0.717, 1.165) is 49.1 Å². The molecule has 3 heterocycles. The third-order valence-electron chi connectivity index (χ3n) is 5.84. The van der Waals surface area contributed by atoms with Gasteiger partial charge in [-0.3, -0.25) is 4.98 Å². The van der Waals surface area contributed by atoms with Crippen LogP contribution in [0.5, 0.6) is 11.5 Å². The van der Waals surface area contributed by atoms with Crippen LogP contribution in [0.2, 0.25) is 0 Å². The number of piperidine rings is 1. The van der Waals surface area contributed by atoms with Gasteiger partial charge in [-0.1, -0.05) is 6.07 Å². The minimum absolute atomic E-state index is 0.348. The first-order valence-corrected chi connectivity index (χ1v) is 12.3. The third-order valence-corrected chi connectivity index (χ3v) is 6.45. The van der Waals surface area contributed by atoms with Crippen LogP contribution in [0, 0.1) is 5.92 Å². The number of aromatic nitrogens is 3. The number of benzene rings is 1. The monoisotopic (exact) mass is 472 g/mol. The van der Waals surface area contributed by atoms with E-state index < -0.39 is 10.2 Å². The Morgan fingerprint density at radius 3 is 2.48 bits per heavy atom. The summed E-state index contributed by atoms with van der Waals surface area (Å²) >= 11 is 0. The predicted molar refractivity (Wildman–Crippen MR) is 127 cm³/mol. The van der Waals surface area contributed by atoms with Gasteiger partial charge in [0, 0.05) is 37.3 Å². The largest absolute Gasteiger partial charge is 0.493 e. The van der Waals surface area contributed by atoms with Crippen molar-refractivity contribution < 1.29 is 17.9 Å². The van der Waals surface area contributed by atoms with Crippen LogP contribution in [0.15, 0.2) is 36.5 Å². The number of nitrogens with one attached hydrogen (secondary N) is 1. The first-order chi connectivity index (χ1) is 15.9. The van der Waals surface area contributed by atoms with Crippen LogP contribution in [-0.2, 0) is 10.2 Å². The second-order valence-corrected chi connectivity index (χ2v) is 9.35. The van der Waals surface area contributed by atoms with Crippen molar-refractivity contribution in [2.75, 3.05) is 38.8 Å². The van der Waals surface area contributed by atoms with Crippen molar-refractivity contribution in [3.63, 3.8) is 0 Å². The Balaban J connectivity index is 1.64. The number of anilines is 1. The van der Waals surface area contributed by atoms with Crippen LogP contribution in [0.4, 0.5) is 5.82 Å². The molecule has 1 aliphatic heterocycles. The molecule has 0 aliphatic carbocycles. The summed E-state index contributed by atoms with van der Waals surface area (Å²) in [6.07, 6.45) is 4.31. The van der Waals surface area contributed by atoms with Crippen molar-refractivity contribution in [2.45, 2.75) is 19.3 Å². The van der Waals surface area contributed by atoms with Crippen LogP contribution < -0.4 is 24.2 Å². The highest BCUT2D eigenvalue weighted by atomic mass is 32.2. The van der Waals surface area contributed by atoms with E-state index in [0.29, 0.717) is 35.5 Å². The number of pyridine rings is 1. The van der Waals surface area contributed by atoms with Crippen molar-refractivity contribution in [3.8, 4) is 23.0 Å². The van der Waals surface area contributed by atoms with Crippen LogP contribution in [0.1, 0.15) is 19.3 Å². The molecule has 1 saturated heterocycles. The third kappa shape index (κ3) is 5.49. The number of nitrogens with zero attached hydrogens (tertiary/aromatic N) is 4. The Labute approximate surface area is 193 Å². The Bertz CT molecular complexity index is 1210. The number of ether oxygens (including phenoxy) is 2. The fourth-order valence-corrected chi connectivity index (χ4v) is 4.53. The molecule has 1 fully saturated rings. The quantitative estimate of drug-likeness (QED) is 0.509. The van der Waals surface area contributed by atoms with Crippen molar-refractivity contribution in [1.29, 1.82) is 0 Å². The summed E-state index contributed by atoms with van der Waals surface area (Å²) in [5.41, 5.74) is 1.44. The molecule has 4 rings (SSSR count). The molecule has 11 heteroatoms. The van der Waals surface area contributed by atoms with E-state index in [9.17, 15) is 8.42 Å². The Morgan fingerprint density at radius 2 is 1.85 bits per heavy atom. The molecule has 0 radical (unpaired) electrons. The minimum Gasteiger partial charge on any atom is -0.493 e. The van der Waals surface area contributed by atoms with Gasteiger partial charge in [-0.15, -0.1) is 0 Å². The summed E-state index contributed by atoms with van der Waals surface area (Å²) in [6.45, 7) is 1.94. The topological polar surface area (TPSA) is 133 Å². The predicted octanol–water partition coefficient (Wildman–Crippen LogP) is 2.11. The van der Waals surface area contributed by atoms with Crippen molar-refractivity contribution in [2.24, 2.45) is 11.1 Å². The van der Waals surface area contributed by atoms with Gasteiger partial charge in [0.2, 0.25) is 0 Å². The second-order valence-electron chi connectivity index (χ2n) is 7.97. The van der Waals surface area contributed by atoms with Gasteiger partial charge in [0.1, 0.15) is 11.5 Å². The minimum atomic E-state index is -3.65. The van der Waals surface area contributed by atoms with Crippen LogP contribution in [0.25, 0.3) is 22.4 Å². The molecular weight excluding hydrogens is 444 g/mol. The Hall–Kier alpha value is -3.02. The van der Waals surface area contributed by atoms with Gasteiger partial charge >= 0.3 is 0 Å². The lowest BCUT2D eigenvalue weighted by Crippen LogP contribution is -2.37. The second kappa shape index (κ2) is 9.86. The summed E-state index contributed by atoms with van der Waals surface area (Å²) in [6, 6.07) is 9.42. The standard InChI is InChI=1S/C22H28N6O4S/c1-31-19-13-16-18(14-20(19)32-2)26-21(17-5-3-4-9-24-17)27-22(16)28-11-7-15(8-12-28)6-10-25-33(23,29)30/h3-5,9,13-15,25H,6-8,10-12H2,1-2H3,(H2,23,29,30). The molecule has 0 atom stereocenters. The molecule has 0 saturated carbocycles. The van der Waals surface area contributed by atoms with Crippen molar-refractivity contribution in [3.05, 3.63) is 36.5 Å². The Kier molecular flexibility index (Phi) is 6.91. The summed E-state index contributed by atoms with van der Waals surface area (Å²) in [5.74, 6) is 2.99. The van der Waals surface area contributed by atoms with Gasteiger partial charge in [-0.2, -0.15) is 8.42 Å². The summed E-state index contributed by atoms with van der Waals surface area (Å²) < 4.78 is 35.6. The molecule has 0 unspecified atom stereocenters. The molecule has 2 aromatic heterocycles. The van der Waals surface area contributed by atoms with Gasteiger partial charge in [-0.25, -0.2) is 19.8 Å². The van der Waals surface area contributed by atoms with E-state index in [-0.39, 0.29) is 0 Å². The zero-order valence-electron chi connectivity index (χ0n) is 18.7. The first kappa shape index (κ1) is 23.1. The van der Waals surface area contributed by atoms with E-state index in [1.54, 1.807) is 20.4 Å². The average Bonchev–Trinajstić information content (AvgIpc) is 2.82. The molecule has 0 spiro atoms. The molecule has 3 aromatic rings. The van der Waals surface area contributed by atoms with Gasteiger partial charge < -0.3 is 14.4 Å². The molecule has 0 bridgehead atoms. The van der Waals surface area contributed by atoms with Gasteiger partial charge in [-0.05, 0) is 43.4 Å². The molecular formula is C22H28N6O4S. The average molecular weight is 473 g/mol. The zero-order valence-corrected chi connectivity index (χ0v) is 19.5. The SMILES string of the molecule is COc1cc2nc(-c3ccccn3)nc(N3CCC(CCNS(N)(=O)=O)CC3)c2cc1OC. The first-order valence-electron chi connectivity index (χ1n) is 10.8. The maximum atomic E-state index is 11.1. The van der Waals surface area contributed by atoms with E-state index in [4.69, 9.17) is 24.6 Å². The number of fused-ring (bicyclic) bond motifs is 1. The highest BCUT2D eigenvalue weighted by molar-refractivity contribution is 7.87. The molecule has 3 N–H and O–H groups in total. The van der Waals surface area contributed by atoms with Crippen molar-refractivity contribution >= 4 is 26.9 Å². The molecule has 10 nitrogen and oxygen atoms in total. The normalized spacial score (nSPS) is 15.1. The lowest BCUT2D eigenvalue weighted by molar-refractivity contribution is 0.355. The fraction of sp³-hybridized carbons (Fsp3) is 0.409. The van der Waals surface area contributed by atoms with E-state index in [1.165, 1.54) is 0 Å². The highest BCUT2D eigenvalue weighted by Crippen LogP contribution is 2.37. The number of hydrogen-bond donors (Lipinski definition) is 2. The number of methoxy groups -OCH3 is 2. The van der Waals surface area contributed by atoms with Crippen molar-refractivity contribution in [1.82, 2.24) is 19.7 Å². The smallest absolute Gasteiger partial charge is 0.274 e. The Morgan fingerprint density at radius 1 is 1.12 bits per heavy atom. The maximum absolute atomic E-state index is 11.1. The van der Waals surface area contributed by atoms with Gasteiger partial charge in [0.25, 0.3) is 10.2 Å². The lowest BCUT2D eigenvalue weighted by Gasteiger charge is -2.33. The van der Waals surface area contributed by atoms with Crippen LogP contribution in [0.3, 0.4) is 0 Å². The molecule has 33 heavy (non-hydrogen) atoms. The highest BCUT2D eigenvalue weighted by Gasteiger charge is 2.24. The molecule has 1 aromatic carbocycles. The maximum Gasteiger partial charge on any atom is 0.274 e. The summed E-state index contributed by atoms with van der Waals surface area (Å²) in [7, 11) is -0.449. The fourth-order valence-electron chi connectivity index (χ4n) is 4.13. The van der Waals surface area contributed by atoms with E-state index >= 15 is 0 Å². The van der Waals surface area contributed by atoms with Crippen LogP contribution in [-0.4, -0.2) is 57.2 Å². The molecule has 0 amide bonds. The summed E-state index contributed by atoms with van der Waals surface area (Å²) in [5, 5.41) is 5.90. The van der Waals surface area contributed by atoms with Crippen LogP contribution >= 0.6 is 0 Å². The number of hydrogen-bond acceptors (Lipinski definition) is 8. The van der Waals surface area contributed by atoms with Gasteiger partial charge in [0.15, 0.2) is 17.3 Å². The molecule has 176 valence electrons. The molecule has 1 aliphatic rings. The number of rotatable bonds is 8. The van der Waals surface area contributed by atoms with E-state index in [1.807, 2.05) is 30.3 Å². The summed E-state index contributed by atoms with van der Waals surface area (Å²) in [4.78, 5) is 16.3.